The Morgan fingerprint density at radius 2 is 2.31 bits per heavy atom. The lowest BCUT2D eigenvalue weighted by Crippen LogP contribution is -2.17. The lowest BCUT2D eigenvalue weighted by atomic mass is 9.89. The van der Waals surface area contributed by atoms with Crippen LogP contribution in [0.15, 0.2) is 23.8 Å². The molecule has 1 nitrogen and oxygen atoms in total. The molecule has 2 heteroatoms. The number of hydrogen-bond acceptors (Lipinski definition) is 1. The van der Waals surface area contributed by atoms with Crippen molar-refractivity contribution in [3.05, 3.63) is 39.9 Å². The van der Waals surface area contributed by atoms with E-state index < -0.39 is 6.10 Å². The maximum absolute atomic E-state index is 10.0. The molecule has 0 aromatic heterocycles. The maximum Gasteiger partial charge on any atom is 0.0755 e. The van der Waals surface area contributed by atoms with Gasteiger partial charge in [0, 0.05) is 17.4 Å². The second kappa shape index (κ2) is 4.33. The van der Waals surface area contributed by atoms with E-state index >= 15 is 0 Å². The molecule has 0 saturated heterocycles. The van der Waals surface area contributed by atoms with Crippen molar-refractivity contribution in [2.45, 2.75) is 25.4 Å². The molecule has 0 radical (unpaired) electrons. The second-order valence-corrected chi connectivity index (χ2v) is 4.55. The summed E-state index contributed by atoms with van der Waals surface area (Å²) in [6, 6.07) is 5.74. The van der Waals surface area contributed by atoms with Gasteiger partial charge in [-0.1, -0.05) is 29.3 Å². The fraction of sp³-hybridized carbons (Fsp3) is 0.286. The van der Waals surface area contributed by atoms with Crippen LogP contribution in [0.3, 0.4) is 0 Å². The van der Waals surface area contributed by atoms with E-state index in [4.69, 9.17) is 18.0 Å². The van der Waals surface area contributed by atoms with Crippen LogP contribution in [-0.4, -0.2) is 11.2 Å². The third-order valence-electron chi connectivity index (χ3n) is 2.97. The highest BCUT2D eigenvalue weighted by Crippen LogP contribution is 2.39. The zero-order valence-electron chi connectivity index (χ0n) is 9.07. The van der Waals surface area contributed by atoms with Gasteiger partial charge >= 0.3 is 0 Å². The molecule has 0 aliphatic heterocycles. The molecule has 1 aromatic carbocycles. The van der Waals surface area contributed by atoms with Crippen LogP contribution >= 0.6 is 11.6 Å². The first-order chi connectivity index (χ1) is 7.63. The van der Waals surface area contributed by atoms with Gasteiger partial charge in [-0.3, -0.25) is 0 Å². The van der Waals surface area contributed by atoms with Crippen molar-refractivity contribution in [2.24, 2.45) is 0 Å². The molecule has 0 heterocycles. The van der Waals surface area contributed by atoms with E-state index in [0.717, 1.165) is 21.7 Å². The predicted octanol–water partition coefficient (Wildman–Crippen LogP) is 3.22. The highest BCUT2D eigenvalue weighted by Gasteiger charge is 2.28. The van der Waals surface area contributed by atoms with Crippen LogP contribution in [0, 0.1) is 12.3 Å². The normalized spacial score (nSPS) is 19.9. The van der Waals surface area contributed by atoms with Gasteiger partial charge in [-0.2, -0.15) is 0 Å². The Kier molecular flexibility index (Phi) is 3.05. The smallest absolute Gasteiger partial charge is 0.0755 e. The number of fused-ring (bicyclic) bond motifs is 1. The molecule has 82 valence electrons. The van der Waals surface area contributed by atoms with Gasteiger partial charge < -0.3 is 5.11 Å². The Balaban J connectivity index is 2.39. The zero-order valence-corrected chi connectivity index (χ0v) is 9.83. The van der Waals surface area contributed by atoms with Gasteiger partial charge in [0.15, 0.2) is 0 Å². The third kappa shape index (κ3) is 1.87. The largest absolute Gasteiger partial charge is 0.391 e. The summed E-state index contributed by atoms with van der Waals surface area (Å²) in [6.45, 7) is 2.01. The predicted molar refractivity (Wildman–Crippen MR) is 67.3 cm³/mol. The monoisotopic (exact) mass is 232 g/mol. The highest BCUT2D eigenvalue weighted by molar-refractivity contribution is 6.30. The summed E-state index contributed by atoms with van der Waals surface area (Å²) in [5.41, 5.74) is 3.34. The van der Waals surface area contributed by atoms with Crippen LogP contribution in [-0.2, 0) is 0 Å². The van der Waals surface area contributed by atoms with Crippen molar-refractivity contribution in [2.75, 3.05) is 0 Å². The fourth-order valence-corrected chi connectivity index (χ4v) is 2.46. The molecule has 0 fully saturated rings. The molecule has 0 amide bonds. The number of terminal acetylenes is 1. The van der Waals surface area contributed by atoms with Gasteiger partial charge in [0.1, 0.15) is 0 Å². The lowest BCUT2D eigenvalue weighted by Gasteiger charge is -2.19. The molecule has 0 bridgehead atoms. The number of aliphatic hydroxyl groups is 1. The lowest BCUT2D eigenvalue weighted by molar-refractivity contribution is 0.162. The molecule has 16 heavy (non-hydrogen) atoms. The third-order valence-corrected chi connectivity index (χ3v) is 3.20. The molecular weight excluding hydrogens is 220 g/mol. The number of benzene rings is 1. The van der Waals surface area contributed by atoms with E-state index in [9.17, 15) is 5.11 Å². The molecule has 1 aliphatic rings. The van der Waals surface area contributed by atoms with Crippen molar-refractivity contribution < 1.29 is 5.11 Å². The first-order valence-electron chi connectivity index (χ1n) is 5.22. The van der Waals surface area contributed by atoms with Gasteiger partial charge in [0.05, 0.1) is 6.10 Å². The number of aliphatic hydroxyl groups excluding tert-OH is 1. The van der Waals surface area contributed by atoms with Gasteiger partial charge in [0.25, 0.3) is 0 Å². The van der Waals surface area contributed by atoms with Crippen molar-refractivity contribution in [1.82, 2.24) is 0 Å². The minimum absolute atomic E-state index is 0.0170. The number of halogens is 1. The Morgan fingerprint density at radius 3 is 3.00 bits per heavy atom. The summed E-state index contributed by atoms with van der Waals surface area (Å²) in [5.74, 6) is 2.52. The van der Waals surface area contributed by atoms with E-state index in [1.165, 1.54) is 0 Å². The first-order valence-corrected chi connectivity index (χ1v) is 5.60. The minimum Gasteiger partial charge on any atom is -0.391 e. The van der Waals surface area contributed by atoms with E-state index in [-0.39, 0.29) is 5.92 Å². The van der Waals surface area contributed by atoms with E-state index in [2.05, 4.69) is 12.0 Å². The number of rotatable bonds is 2. The van der Waals surface area contributed by atoms with E-state index in [1.54, 1.807) is 0 Å². The van der Waals surface area contributed by atoms with Gasteiger partial charge in [-0.25, -0.2) is 0 Å². The van der Waals surface area contributed by atoms with Crippen molar-refractivity contribution in [3.63, 3.8) is 0 Å². The summed E-state index contributed by atoms with van der Waals surface area (Å²) in [7, 11) is 0. The SMILES string of the molecule is C#CCC(O)C1C(C)=Cc2cc(Cl)ccc21. The van der Waals surface area contributed by atoms with Crippen molar-refractivity contribution in [3.8, 4) is 12.3 Å². The van der Waals surface area contributed by atoms with Crippen LogP contribution in [0.5, 0.6) is 0 Å². The topological polar surface area (TPSA) is 20.2 Å². The van der Waals surface area contributed by atoms with Crippen LogP contribution in [0.2, 0.25) is 5.02 Å². The molecule has 1 aromatic rings. The van der Waals surface area contributed by atoms with Crippen LogP contribution < -0.4 is 0 Å². The molecule has 0 spiro atoms. The van der Waals surface area contributed by atoms with Crippen LogP contribution in [0.4, 0.5) is 0 Å². The summed E-state index contributed by atoms with van der Waals surface area (Å²) in [4.78, 5) is 0. The Hall–Kier alpha value is -1.23. The fourth-order valence-electron chi connectivity index (χ4n) is 2.28. The van der Waals surface area contributed by atoms with Crippen molar-refractivity contribution in [1.29, 1.82) is 0 Å². The summed E-state index contributed by atoms with van der Waals surface area (Å²) in [5, 5.41) is 10.7. The van der Waals surface area contributed by atoms with E-state index in [1.807, 2.05) is 25.1 Å². The number of hydrogen-bond donors (Lipinski definition) is 1. The highest BCUT2D eigenvalue weighted by atomic mass is 35.5. The molecule has 1 N–H and O–H groups in total. The molecule has 2 rings (SSSR count). The van der Waals surface area contributed by atoms with Gasteiger partial charge in [-0.05, 0) is 30.2 Å². The van der Waals surface area contributed by atoms with Gasteiger partial charge in [-0.15, -0.1) is 12.3 Å². The molecular formula is C14H13ClO. The minimum atomic E-state index is -0.510. The standard InChI is InChI=1S/C14H13ClO/c1-3-4-13(16)14-9(2)7-10-8-11(15)5-6-12(10)14/h1,5-8,13-14,16H,4H2,2H3. The summed E-state index contributed by atoms with van der Waals surface area (Å²) in [6.07, 6.45) is 7.16. The van der Waals surface area contributed by atoms with Crippen molar-refractivity contribution >= 4 is 17.7 Å². The quantitative estimate of drug-likeness (QED) is 0.777. The Labute approximate surface area is 101 Å². The maximum atomic E-state index is 10.0. The molecule has 1 aliphatic carbocycles. The summed E-state index contributed by atoms with van der Waals surface area (Å²) < 4.78 is 0. The molecule has 2 unspecified atom stereocenters. The first kappa shape index (κ1) is 11.3. The van der Waals surface area contributed by atoms with Gasteiger partial charge in [0.2, 0.25) is 0 Å². The second-order valence-electron chi connectivity index (χ2n) is 4.11. The molecule has 0 saturated carbocycles. The van der Waals surface area contributed by atoms with Crippen LogP contribution in [0.1, 0.15) is 30.4 Å². The van der Waals surface area contributed by atoms with Crippen LogP contribution in [0.25, 0.3) is 6.08 Å². The summed E-state index contributed by atoms with van der Waals surface area (Å²) >= 11 is 5.94. The van der Waals surface area contributed by atoms with E-state index in [0.29, 0.717) is 6.42 Å². The Bertz CT molecular complexity index is 482. The average Bonchev–Trinajstić information content (AvgIpc) is 2.53. The Morgan fingerprint density at radius 1 is 1.56 bits per heavy atom. The zero-order chi connectivity index (χ0) is 11.7. The molecule has 2 atom stereocenters. The average molecular weight is 233 g/mol.